The summed E-state index contributed by atoms with van der Waals surface area (Å²) in [5, 5.41) is 0. The maximum absolute atomic E-state index is 12.1. The standard InChI is InChI=1S/C13H20BrNO5/c1-8(14)9(11(17)20-13(2,3)4)7-10(16)15-5-6-19-12(15)18/h8-9H,5-7H2,1-4H3/t8-,9+/m0/s1. The smallest absolute Gasteiger partial charge is 0.416 e. The van der Waals surface area contributed by atoms with Gasteiger partial charge < -0.3 is 9.47 Å². The third kappa shape index (κ3) is 4.77. The molecule has 0 aromatic heterocycles. The van der Waals surface area contributed by atoms with E-state index in [9.17, 15) is 14.4 Å². The highest BCUT2D eigenvalue weighted by Gasteiger charge is 2.35. The van der Waals surface area contributed by atoms with E-state index in [0.717, 1.165) is 4.90 Å². The molecule has 2 atom stereocenters. The van der Waals surface area contributed by atoms with Crippen LogP contribution in [0, 0.1) is 5.92 Å². The number of alkyl halides is 1. The predicted molar refractivity (Wildman–Crippen MR) is 75.4 cm³/mol. The van der Waals surface area contributed by atoms with Crippen molar-refractivity contribution >= 4 is 33.9 Å². The van der Waals surface area contributed by atoms with Gasteiger partial charge in [-0.2, -0.15) is 0 Å². The number of halogens is 1. The SMILES string of the molecule is C[C@H](Br)[C@@H](CC(=O)N1CCOC1=O)C(=O)OC(C)(C)C. The first-order valence-corrected chi connectivity index (χ1v) is 7.37. The zero-order valence-electron chi connectivity index (χ0n) is 12.1. The van der Waals surface area contributed by atoms with Gasteiger partial charge in [0.15, 0.2) is 0 Å². The van der Waals surface area contributed by atoms with Crippen molar-refractivity contribution in [2.45, 2.75) is 44.5 Å². The molecule has 1 rings (SSSR count). The molecule has 0 aromatic rings. The summed E-state index contributed by atoms with van der Waals surface area (Å²) in [5.74, 6) is -1.52. The molecule has 7 heteroatoms. The number of hydrogen-bond donors (Lipinski definition) is 0. The van der Waals surface area contributed by atoms with Gasteiger partial charge in [-0.05, 0) is 20.8 Å². The van der Waals surface area contributed by atoms with Crippen LogP contribution in [0.1, 0.15) is 34.1 Å². The Balaban J connectivity index is 2.70. The Hall–Kier alpha value is -1.11. The van der Waals surface area contributed by atoms with Crippen LogP contribution < -0.4 is 0 Å². The first-order chi connectivity index (χ1) is 9.11. The third-order valence-electron chi connectivity index (χ3n) is 2.72. The molecule has 0 aromatic carbocycles. The number of hydrogen-bond acceptors (Lipinski definition) is 5. The second-order valence-corrected chi connectivity index (χ2v) is 7.13. The van der Waals surface area contributed by atoms with Crippen molar-refractivity contribution in [3.63, 3.8) is 0 Å². The van der Waals surface area contributed by atoms with Crippen molar-refractivity contribution in [3.05, 3.63) is 0 Å². The molecule has 1 aliphatic heterocycles. The minimum atomic E-state index is -0.653. The second kappa shape index (κ2) is 6.56. The van der Waals surface area contributed by atoms with Crippen molar-refractivity contribution in [2.24, 2.45) is 5.92 Å². The molecule has 0 spiro atoms. The topological polar surface area (TPSA) is 72.9 Å². The molecule has 6 nitrogen and oxygen atoms in total. The van der Waals surface area contributed by atoms with Crippen LogP contribution in [0.5, 0.6) is 0 Å². The summed E-state index contributed by atoms with van der Waals surface area (Å²) in [6.07, 6.45) is -0.740. The maximum atomic E-state index is 12.1. The Morgan fingerprint density at radius 1 is 1.45 bits per heavy atom. The number of ether oxygens (including phenoxy) is 2. The van der Waals surface area contributed by atoms with Crippen LogP contribution in [0.4, 0.5) is 4.79 Å². The van der Waals surface area contributed by atoms with E-state index < -0.39 is 29.5 Å². The van der Waals surface area contributed by atoms with E-state index in [1.165, 1.54) is 0 Å². The normalized spacial score (nSPS) is 18.4. The molecule has 0 saturated carbocycles. The largest absolute Gasteiger partial charge is 0.460 e. The molecule has 0 N–H and O–H groups in total. The molecule has 0 aliphatic carbocycles. The van der Waals surface area contributed by atoms with Gasteiger partial charge in [0.2, 0.25) is 5.91 Å². The van der Waals surface area contributed by atoms with Gasteiger partial charge in [-0.15, -0.1) is 0 Å². The van der Waals surface area contributed by atoms with Gasteiger partial charge >= 0.3 is 12.1 Å². The van der Waals surface area contributed by atoms with Crippen LogP contribution in [0.25, 0.3) is 0 Å². The van der Waals surface area contributed by atoms with Gasteiger partial charge in [0, 0.05) is 11.2 Å². The Bertz CT molecular complexity index is 402. The van der Waals surface area contributed by atoms with Crippen LogP contribution in [0.3, 0.4) is 0 Å². The quantitative estimate of drug-likeness (QED) is 0.574. The first kappa shape index (κ1) is 16.9. The lowest BCUT2D eigenvalue weighted by molar-refractivity contribution is -0.161. The van der Waals surface area contributed by atoms with Crippen molar-refractivity contribution in [3.8, 4) is 0 Å². The molecule has 1 aliphatic rings. The molecule has 1 fully saturated rings. The Labute approximate surface area is 126 Å². The fourth-order valence-corrected chi connectivity index (χ4v) is 2.13. The first-order valence-electron chi connectivity index (χ1n) is 6.46. The number of imide groups is 1. The van der Waals surface area contributed by atoms with Gasteiger partial charge in [-0.1, -0.05) is 22.9 Å². The molecule has 0 bridgehead atoms. The maximum Gasteiger partial charge on any atom is 0.416 e. The number of amides is 2. The third-order valence-corrected chi connectivity index (χ3v) is 3.36. The molecular weight excluding hydrogens is 330 g/mol. The minimum Gasteiger partial charge on any atom is -0.460 e. The summed E-state index contributed by atoms with van der Waals surface area (Å²) in [6.45, 7) is 7.49. The number of carbonyl (C=O) groups excluding carboxylic acids is 3. The van der Waals surface area contributed by atoms with E-state index in [1.54, 1.807) is 27.7 Å². The number of nitrogens with zero attached hydrogens (tertiary/aromatic N) is 1. The van der Waals surface area contributed by atoms with Crippen LogP contribution in [-0.2, 0) is 19.1 Å². The second-order valence-electron chi connectivity index (χ2n) is 5.68. The van der Waals surface area contributed by atoms with Crippen molar-refractivity contribution in [1.82, 2.24) is 4.90 Å². The van der Waals surface area contributed by atoms with Gasteiger partial charge in [0.25, 0.3) is 0 Å². The summed E-state index contributed by atoms with van der Waals surface area (Å²) in [7, 11) is 0. The van der Waals surface area contributed by atoms with Gasteiger partial charge in [0.1, 0.15) is 12.2 Å². The van der Waals surface area contributed by atoms with Crippen molar-refractivity contribution < 1.29 is 23.9 Å². The minimum absolute atomic E-state index is 0.0869. The lowest BCUT2D eigenvalue weighted by atomic mass is 10.0. The number of carbonyl (C=O) groups is 3. The highest BCUT2D eigenvalue weighted by atomic mass is 79.9. The average Bonchev–Trinajstić information content (AvgIpc) is 2.69. The van der Waals surface area contributed by atoms with Crippen LogP contribution in [0.2, 0.25) is 0 Å². The fourth-order valence-electron chi connectivity index (χ4n) is 1.73. The van der Waals surface area contributed by atoms with Crippen molar-refractivity contribution in [2.75, 3.05) is 13.2 Å². The zero-order valence-corrected chi connectivity index (χ0v) is 13.7. The van der Waals surface area contributed by atoms with Crippen LogP contribution in [-0.4, -0.2) is 46.4 Å². The molecule has 0 radical (unpaired) electrons. The Morgan fingerprint density at radius 2 is 2.05 bits per heavy atom. The number of esters is 1. The molecule has 20 heavy (non-hydrogen) atoms. The molecule has 0 unspecified atom stereocenters. The zero-order chi connectivity index (χ0) is 15.5. The van der Waals surface area contributed by atoms with Crippen molar-refractivity contribution in [1.29, 1.82) is 0 Å². The van der Waals surface area contributed by atoms with E-state index in [2.05, 4.69) is 15.9 Å². The van der Waals surface area contributed by atoms with Gasteiger partial charge in [-0.25, -0.2) is 9.69 Å². The number of cyclic esters (lactones) is 1. The van der Waals surface area contributed by atoms with Gasteiger partial charge in [-0.3, -0.25) is 9.59 Å². The summed E-state index contributed by atoms with van der Waals surface area (Å²) in [6, 6.07) is 0. The lowest BCUT2D eigenvalue weighted by Crippen LogP contribution is -2.38. The summed E-state index contributed by atoms with van der Waals surface area (Å²) >= 11 is 3.31. The highest BCUT2D eigenvalue weighted by Crippen LogP contribution is 2.23. The average molecular weight is 350 g/mol. The molecule has 2 amide bonds. The van der Waals surface area contributed by atoms with E-state index in [0.29, 0.717) is 0 Å². The molecule has 1 heterocycles. The molecule has 1 saturated heterocycles. The van der Waals surface area contributed by atoms with Crippen LogP contribution >= 0.6 is 15.9 Å². The Kier molecular flexibility index (Phi) is 5.56. The monoisotopic (exact) mass is 349 g/mol. The fraction of sp³-hybridized carbons (Fsp3) is 0.769. The van der Waals surface area contributed by atoms with Crippen LogP contribution in [0.15, 0.2) is 0 Å². The van der Waals surface area contributed by atoms with E-state index >= 15 is 0 Å². The van der Waals surface area contributed by atoms with Gasteiger partial charge in [0.05, 0.1) is 12.5 Å². The van der Waals surface area contributed by atoms with E-state index in [-0.39, 0.29) is 24.4 Å². The lowest BCUT2D eigenvalue weighted by Gasteiger charge is -2.25. The Morgan fingerprint density at radius 3 is 2.45 bits per heavy atom. The summed E-state index contributed by atoms with van der Waals surface area (Å²) in [4.78, 5) is 36.2. The van der Waals surface area contributed by atoms with E-state index in [1.807, 2.05) is 0 Å². The molecular formula is C13H20BrNO5. The highest BCUT2D eigenvalue weighted by molar-refractivity contribution is 9.09. The van der Waals surface area contributed by atoms with E-state index in [4.69, 9.17) is 9.47 Å². The predicted octanol–water partition coefficient (Wildman–Crippen LogP) is 2.10. The molecule has 114 valence electrons. The summed E-state index contributed by atoms with van der Waals surface area (Å²) < 4.78 is 10.0. The summed E-state index contributed by atoms with van der Waals surface area (Å²) in [5.41, 5.74) is -0.618. The number of rotatable bonds is 4.